The Balaban J connectivity index is 1.74. The Morgan fingerprint density at radius 2 is 1.97 bits per heavy atom. The van der Waals surface area contributed by atoms with Gasteiger partial charge >= 0.3 is 0 Å². The van der Waals surface area contributed by atoms with Crippen LogP contribution in [0.4, 0.5) is 10.1 Å². The van der Waals surface area contributed by atoms with Crippen molar-refractivity contribution in [3.8, 4) is 5.75 Å². The first-order chi connectivity index (χ1) is 13.8. The average molecular weight is 441 g/mol. The fraction of sp³-hybridized carbons (Fsp3) is 0.350. The largest absolute Gasteiger partial charge is 0.497 e. The van der Waals surface area contributed by atoms with Crippen LogP contribution in [0, 0.1) is 5.82 Å². The van der Waals surface area contributed by atoms with Gasteiger partial charge in [-0.25, -0.2) is 12.8 Å². The summed E-state index contributed by atoms with van der Waals surface area (Å²) in [6.07, 6.45) is 2.17. The van der Waals surface area contributed by atoms with Gasteiger partial charge in [0.05, 0.1) is 17.0 Å². The molecule has 156 valence electrons. The second kappa shape index (κ2) is 9.11. The first-order valence-corrected chi connectivity index (χ1v) is 11.0. The van der Waals surface area contributed by atoms with E-state index in [1.54, 1.807) is 12.1 Å². The predicted octanol–water partition coefficient (Wildman–Crippen LogP) is 4.06. The molecule has 0 aromatic heterocycles. The summed E-state index contributed by atoms with van der Waals surface area (Å²) < 4.78 is 46.0. The second-order valence-electron chi connectivity index (χ2n) is 6.82. The summed E-state index contributed by atoms with van der Waals surface area (Å²) in [5.74, 6) is -0.361. The Kier molecular flexibility index (Phi) is 6.77. The monoisotopic (exact) mass is 440 g/mol. The molecule has 2 aromatic rings. The number of carbonyl (C=O) groups excluding carboxylic acids is 1. The molecular weight excluding hydrogens is 419 g/mol. The van der Waals surface area contributed by atoms with Crippen LogP contribution < -0.4 is 10.1 Å². The number of nitrogens with one attached hydrogen (secondary N) is 1. The Morgan fingerprint density at radius 3 is 2.62 bits per heavy atom. The molecule has 1 heterocycles. The van der Waals surface area contributed by atoms with Crippen molar-refractivity contribution in [2.45, 2.75) is 36.6 Å². The van der Waals surface area contributed by atoms with E-state index < -0.39 is 21.9 Å². The van der Waals surface area contributed by atoms with Crippen molar-refractivity contribution in [2.24, 2.45) is 0 Å². The van der Waals surface area contributed by atoms with Crippen LogP contribution in [0.2, 0.25) is 5.02 Å². The lowest BCUT2D eigenvalue weighted by Crippen LogP contribution is -2.45. The lowest BCUT2D eigenvalue weighted by molar-refractivity contribution is -0.117. The zero-order chi connectivity index (χ0) is 21.0. The molecule has 1 fully saturated rings. The Hall–Kier alpha value is -2.16. The van der Waals surface area contributed by atoms with E-state index in [4.69, 9.17) is 16.3 Å². The number of methoxy groups -OCH3 is 1. The van der Waals surface area contributed by atoms with E-state index in [0.29, 0.717) is 24.4 Å². The standard InChI is InChI=1S/C20H22ClFN2O4S/c1-28-16-6-8-17(9-7-16)29(26,27)24-11-3-2-4-15(24)13-20(25)23-14-5-10-19(22)18(21)12-14/h5-10,12,15H,2-4,11,13H2,1H3,(H,23,25)/t15-/m0/s1. The molecule has 1 aliphatic heterocycles. The molecule has 1 aliphatic rings. The number of nitrogens with zero attached hydrogens (tertiary/aromatic N) is 1. The quantitative estimate of drug-likeness (QED) is 0.735. The van der Waals surface area contributed by atoms with Crippen LogP contribution in [-0.2, 0) is 14.8 Å². The number of amides is 1. The van der Waals surface area contributed by atoms with Crippen LogP contribution >= 0.6 is 11.6 Å². The lowest BCUT2D eigenvalue weighted by Gasteiger charge is -2.34. The highest BCUT2D eigenvalue weighted by Gasteiger charge is 2.34. The molecule has 6 nitrogen and oxygen atoms in total. The smallest absolute Gasteiger partial charge is 0.243 e. The summed E-state index contributed by atoms with van der Waals surface area (Å²) in [4.78, 5) is 12.6. The van der Waals surface area contributed by atoms with Crippen LogP contribution in [-0.4, -0.2) is 38.3 Å². The van der Waals surface area contributed by atoms with E-state index >= 15 is 0 Å². The van der Waals surface area contributed by atoms with Gasteiger partial charge < -0.3 is 10.1 Å². The highest BCUT2D eigenvalue weighted by molar-refractivity contribution is 7.89. The van der Waals surface area contributed by atoms with Crippen LogP contribution in [0.5, 0.6) is 5.75 Å². The zero-order valence-electron chi connectivity index (χ0n) is 15.9. The molecule has 0 bridgehead atoms. The van der Waals surface area contributed by atoms with Crippen LogP contribution in [0.1, 0.15) is 25.7 Å². The topological polar surface area (TPSA) is 75.7 Å². The van der Waals surface area contributed by atoms with E-state index in [1.807, 2.05) is 0 Å². The van der Waals surface area contributed by atoms with Gasteiger partial charge in [0.25, 0.3) is 0 Å². The predicted molar refractivity (Wildman–Crippen MR) is 109 cm³/mol. The fourth-order valence-electron chi connectivity index (χ4n) is 3.38. The van der Waals surface area contributed by atoms with E-state index in [9.17, 15) is 17.6 Å². The Labute approximate surface area is 174 Å². The summed E-state index contributed by atoms with van der Waals surface area (Å²) in [7, 11) is -2.23. The number of carbonyl (C=O) groups is 1. The van der Waals surface area contributed by atoms with E-state index in [1.165, 1.54) is 41.7 Å². The number of anilines is 1. The van der Waals surface area contributed by atoms with E-state index in [-0.39, 0.29) is 22.2 Å². The maximum absolute atomic E-state index is 13.3. The number of rotatable bonds is 6. The summed E-state index contributed by atoms with van der Waals surface area (Å²) in [6.45, 7) is 0.356. The van der Waals surface area contributed by atoms with Gasteiger partial charge in [0, 0.05) is 24.7 Å². The maximum atomic E-state index is 13.3. The van der Waals surface area contributed by atoms with Gasteiger partial charge in [-0.1, -0.05) is 18.0 Å². The molecule has 0 saturated carbocycles. The van der Waals surface area contributed by atoms with Crippen molar-refractivity contribution in [1.82, 2.24) is 4.31 Å². The molecule has 1 saturated heterocycles. The number of ether oxygens (including phenoxy) is 1. The van der Waals surface area contributed by atoms with Gasteiger partial charge in [-0.3, -0.25) is 4.79 Å². The first kappa shape index (κ1) is 21.5. The number of sulfonamides is 1. The van der Waals surface area contributed by atoms with Crippen LogP contribution in [0.25, 0.3) is 0 Å². The Bertz CT molecular complexity index is 982. The zero-order valence-corrected chi connectivity index (χ0v) is 17.5. The molecule has 1 atom stereocenters. The van der Waals surface area contributed by atoms with E-state index in [0.717, 1.165) is 12.8 Å². The normalized spacial score (nSPS) is 17.7. The van der Waals surface area contributed by atoms with Crippen LogP contribution in [0.3, 0.4) is 0 Å². The number of halogens is 2. The summed E-state index contributed by atoms with van der Waals surface area (Å²) in [6, 6.07) is 9.63. The number of hydrogen-bond donors (Lipinski definition) is 1. The average Bonchev–Trinajstić information content (AvgIpc) is 2.71. The minimum absolute atomic E-state index is 0.00435. The van der Waals surface area contributed by atoms with Gasteiger partial charge in [-0.05, 0) is 55.3 Å². The van der Waals surface area contributed by atoms with Crippen molar-refractivity contribution >= 4 is 33.2 Å². The van der Waals surface area contributed by atoms with Gasteiger partial charge in [-0.2, -0.15) is 4.31 Å². The number of benzene rings is 2. The SMILES string of the molecule is COc1ccc(S(=O)(=O)N2CCCC[C@H]2CC(=O)Nc2ccc(F)c(Cl)c2)cc1. The molecule has 1 amide bonds. The Morgan fingerprint density at radius 1 is 1.24 bits per heavy atom. The first-order valence-electron chi connectivity index (χ1n) is 9.22. The van der Waals surface area contributed by atoms with Crippen molar-refractivity contribution in [1.29, 1.82) is 0 Å². The highest BCUT2D eigenvalue weighted by atomic mass is 35.5. The molecule has 2 aromatic carbocycles. The van der Waals surface area contributed by atoms with Gasteiger partial charge in [0.15, 0.2) is 0 Å². The second-order valence-corrected chi connectivity index (χ2v) is 9.12. The van der Waals surface area contributed by atoms with E-state index in [2.05, 4.69) is 5.32 Å². The number of piperidine rings is 1. The van der Waals surface area contributed by atoms with Crippen molar-refractivity contribution in [3.63, 3.8) is 0 Å². The lowest BCUT2D eigenvalue weighted by atomic mass is 10.0. The molecule has 29 heavy (non-hydrogen) atoms. The molecule has 0 spiro atoms. The highest BCUT2D eigenvalue weighted by Crippen LogP contribution is 2.28. The molecule has 9 heteroatoms. The van der Waals surface area contributed by atoms with Gasteiger partial charge in [-0.15, -0.1) is 0 Å². The third-order valence-electron chi connectivity index (χ3n) is 4.86. The van der Waals surface area contributed by atoms with Gasteiger partial charge in [0.2, 0.25) is 15.9 Å². The molecule has 0 unspecified atom stereocenters. The minimum Gasteiger partial charge on any atom is -0.497 e. The molecule has 3 rings (SSSR count). The molecule has 0 radical (unpaired) electrons. The summed E-state index contributed by atoms with van der Waals surface area (Å²) in [5, 5.41) is 2.56. The van der Waals surface area contributed by atoms with Crippen LogP contribution in [0.15, 0.2) is 47.4 Å². The third-order valence-corrected chi connectivity index (χ3v) is 7.12. The summed E-state index contributed by atoms with van der Waals surface area (Å²) >= 11 is 5.74. The van der Waals surface area contributed by atoms with Crippen molar-refractivity contribution < 1.29 is 22.3 Å². The summed E-state index contributed by atoms with van der Waals surface area (Å²) in [5.41, 5.74) is 0.363. The fourth-order valence-corrected chi connectivity index (χ4v) is 5.25. The minimum atomic E-state index is -3.74. The van der Waals surface area contributed by atoms with Crippen molar-refractivity contribution in [3.05, 3.63) is 53.3 Å². The molecular formula is C20H22ClFN2O4S. The maximum Gasteiger partial charge on any atom is 0.243 e. The molecule has 1 N–H and O–H groups in total. The number of hydrogen-bond acceptors (Lipinski definition) is 4. The molecule has 0 aliphatic carbocycles. The van der Waals surface area contributed by atoms with Gasteiger partial charge in [0.1, 0.15) is 11.6 Å². The van der Waals surface area contributed by atoms with Crippen molar-refractivity contribution in [2.75, 3.05) is 19.0 Å². The third kappa shape index (κ3) is 5.07.